The average Bonchev–Trinajstić information content (AvgIpc) is 2.75. The summed E-state index contributed by atoms with van der Waals surface area (Å²) in [7, 11) is -2.38. The summed E-state index contributed by atoms with van der Waals surface area (Å²) >= 11 is 5.84. The number of nitrogens with one attached hydrogen (secondary N) is 2. The molecule has 30 heavy (non-hydrogen) atoms. The molecule has 0 atom stereocenters. The first kappa shape index (κ1) is 21.8. The summed E-state index contributed by atoms with van der Waals surface area (Å²) in [6, 6.07) is 20.3. The molecule has 0 fully saturated rings. The van der Waals surface area contributed by atoms with E-state index in [4.69, 9.17) is 11.6 Å². The minimum Gasteiger partial charge on any atom is -0.465 e. The molecule has 0 amide bonds. The van der Waals surface area contributed by atoms with Crippen LogP contribution in [0.4, 0.5) is 5.69 Å². The number of hydrogen-bond acceptors (Lipinski definition) is 5. The molecular formula is C22H21ClN2O4S. The van der Waals surface area contributed by atoms with Gasteiger partial charge in [-0.05, 0) is 53.6 Å². The predicted molar refractivity (Wildman–Crippen MR) is 117 cm³/mol. The van der Waals surface area contributed by atoms with Crippen LogP contribution in [-0.2, 0) is 27.8 Å². The molecule has 0 bridgehead atoms. The standard InChI is InChI=1S/C22H21ClN2O4S/c1-29-22(26)17-8-6-16(7-9-17)14-24-15-18-4-2-3-5-21(18)25-30(27,28)20-12-10-19(23)11-13-20/h2-13,24-25H,14-15H2,1H3. The fourth-order valence-corrected chi connectivity index (χ4v) is 4.04. The molecule has 0 saturated heterocycles. The van der Waals surface area contributed by atoms with Crippen LogP contribution in [-0.4, -0.2) is 21.5 Å². The Labute approximate surface area is 180 Å². The Morgan fingerprint density at radius 2 is 1.60 bits per heavy atom. The topological polar surface area (TPSA) is 84.5 Å². The Hall–Kier alpha value is -2.87. The molecule has 0 aliphatic heterocycles. The Bertz CT molecular complexity index is 1110. The number of rotatable bonds is 8. The first-order chi connectivity index (χ1) is 14.4. The molecule has 0 aromatic heterocycles. The highest BCUT2D eigenvalue weighted by Gasteiger charge is 2.15. The van der Waals surface area contributed by atoms with Gasteiger partial charge in [0.1, 0.15) is 0 Å². The molecule has 0 spiro atoms. The van der Waals surface area contributed by atoms with E-state index in [9.17, 15) is 13.2 Å². The summed E-state index contributed by atoms with van der Waals surface area (Å²) in [5, 5.41) is 3.76. The van der Waals surface area contributed by atoms with Crippen molar-refractivity contribution in [2.75, 3.05) is 11.8 Å². The van der Waals surface area contributed by atoms with Gasteiger partial charge in [0.05, 0.1) is 23.3 Å². The molecule has 0 aliphatic rings. The van der Waals surface area contributed by atoms with Gasteiger partial charge in [0.25, 0.3) is 10.0 Å². The molecule has 156 valence electrons. The third-order valence-corrected chi connectivity index (χ3v) is 6.04. The smallest absolute Gasteiger partial charge is 0.337 e. The fraction of sp³-hybridized carbons (Fsp3) is 0.136. The van der Waals surface area contributed by atoms with Crippen LogP contribution in [0.25, 0.3) is 0 Å². The number of anilines is 1. The Morgan fingerprint density at radius 3 is 2.27 bits per heavy atom. The van der Waals surface area contributed by atoms with Gasteiger partial charge in [-0.3, -0.25) is 4.72 Å². The highest BCUT2D eigenvalue weighted by atomic mass is 35.5. The minimum atomic E-state index is -3.73. The lowest BCUT2D eigenvalue weighted by atomic mass is 10.1. The molecule has 2 N–H and O–H groups in total. The van der Waals surface area contributed by atoms with Crippen LogP contribution in [0.5, 0.6) is 0 Å². The second kappa shape index (κ2) is 9.75. The van der Waals surface area contributed by atoms with Crippen molar-refractivity contribution < 1.29 is 17.9 Å². The summed E-state index contributed by atoms with van der Waals surface area (Å²) in [5.74, 6) is -0.378. The molecule has 3 aromatic carbocycles. The highest BCUT2D eigenvalue weighted by molar-refractivity contribution is 7.92. The first-order valence-corrected chi connectivity index (χ1v) is 11.0. The third-order valence-electron chi connectivity index (χ3n) is 4.41. The van der Waals surface area contributed by atoms with Gasteiger partial charge in [0.2, 0.25) is 0 Å². The molecular weight excluding hydrogens is 424 g/mol. The molecule has 6 nitrogen and oxygen atoms in total. The Morgan fingerprint density at radius 1 is 0.933 bits per heavy atom. The summed E-state index contributed by atoms with van der Waals surface area (Å²) < 4.78 is 32.6. The molecule has 3 rings (SSSR count). The van der Waals surface area contributed by atoms with Crippen LogP contribution < -0.4 is 10.0 Å². The number of benzene rings is 3. The van der Waals surface area contributed by atoms with E-state index in [1.54, 1.807) is 24.3 Å². The van der Waals surface area contributed by atoms with Gasteiger partial charge in [-0.1, -0.05) is 41.9 Å². The lowest BCUT2D eigenvalue weighted by Gasteiger charge is -2.13. The van der Waals surface area contributed by atoms with Crippen molar-refractivity contribution in [3.8, 4) is 0 Å². The lowest BCUT2D eigenvalue weighted by molar-refractivity contribution is 0.0600. The zero-order valence-electron chi connectivity index (χ0n) is 16.3. The van der Waals surface area contributed by atoms with Crippen molar-refractivity contribution in [3.05, 3.63) is 94.5 Å². The van der Waals surface area contributed by atoms with Crippen molar-refractivity contribution in [1.29, 1.82) is 0 Å². The van der Waals surface area contributed by atoms with Gasteiger partial charge in [-0.2, -0.15) is 0 Å². The third kappa shape index (κ3) is 5.60. The fourth-order valence-electron chi connectivity index (χ4n) is 2.81. The molecule has 0 radical (unpaired) electrons. The molecule has 3 aromatic rings. The molecule has 8 heteroatoms. The zero-order valence-corrected chi connectivity index (χ0v) is 17.8. The van der Waals surface area contributed by atoms with Crippen molar-refractivity contribution >= 4 is 33.3 Å². The van der Waals surface area contributed by atoms with Crippen molar-refractivity contribution in [3.63, 3.8) is 0 Å². The van der Waals surface area contributed by atoms with Gasteiger partial charge in [-0.25, -0.2) is 13.2 Å². The maximum atomic E-state index is 12.7. The number of carbonyl (C=O) groups is 1. The maximum Gasteiger partial charge on any atom is 0.337 e. The van der Waals surface area contributed by atoms with E-state index in [1.165, 1.54) is 31.4 Å². The average molecular weight is 445 g/mol. The largest absolute Gasteiger partial charge is 0.465 e. The van der Waals surface area contributed by atoms with Crippen molar-refractivity contribution in [1.82, 2.24) is 5.32 Å². The van der Waals surface area contributed by atoms with Crippen LogP contribution >= 0.6 is 11.6 Å². The number of halogens is 1. The first-order valence-electron chi connectivity index (χ1n) is 9.13. The van der Waals surface area contributed by atoms with E-state index in [2.05, 4.69) is 14.8 Å². The van der Waals surface area contributed by atoms with Gasteiger partial charge < -0.3 is 10.1 Å². The summed E-state index contributed by atoms with van der Waals surface area (Å²) in [6.45, 7) is 1.01. The lowest BCUT2D eigenvalue weighted by Crippen LogP contribution is -2.17. The number of methoxy groups -OCH3 is 1. The SMILES string of the molecule is COC(=O)c1ccc(CNCc2ccccc2NS(=O)(=O)c2ccc(Cl)cc2)cc1. The quantitative estimate of drug-likeness (QED) is 0.508. The monoisotopic (exact) mass is 444 g/mol. The number of esters is 1. The Kier molecular flexibility index (Phi) is 7.10. The minimum absolute atomic E-state index is 0.139. The summed E-state index contributed by atoms with van der Waals surface area (Å²) in [6.07, 6.45) is 0. The summed E-state index contributed by atoms with van der Waals surface area (Å²) in [5.41, 5.74) is 2.78. The van der Waals surface area contributed by atoms with Crippen LogP contribution in [0.1, 0.15) is 21.5 Å². The van der Waals surface area contributed by atoms with Crippen LogP contribution in [0.3, 0.4) is 0 Å². The Balaban J connectivity index is 1.65. The molecule has 0 heterocycles. The van der Waals surface area contributed by atoms with Crippen LogP contribution in [0.2, 0.25) is 5.02 Å². The van der Waals surface area contributed by atoms with E-state index in [1.807, 2.05) is 24.3 Å². The second-order valence-electron chi connectivity index (χ2n) is 6.51. The molecule has 0 unspecified atom stereocenters. The number of hydrogen-bond donors (Lipinski definition) is 2. The molecule has 0 aliphatic carbocycles. The van der Waals surface area contributed by atoms with Gasteiger partial charge in [-0.15, -0.1) is 0 Å². The van der Waals surface area contributed by atoms with E-state index in [0.29, 0.717) is 29.4 Å². The van der Waals surface area contributed by atoms with E-state index >= 15 is 0 Å². The second-order valence-corrected chi connectivity index (χ2v) is 8.63. The highest BCUT2D eigenvalue weighted by Crippen LogP contribution is 2.21. The van der Waals surface area contributed by atoms with E-state index in [0.717, 1.165) is 11.1 Å². The maximum absolute atomic E-state index is 12.7. The van der Waals surface area contributed by atoms with Crippen molar-refractivity contribution in [2.45, 2.75) is 18.0 Å². The van der Waals surface area contributed by atoms with Gasteiger partial charge in [0.15, 0.2) is 0 Å². The normalized spacial score (nSPS) is 11.1. The van der Waals surface area contributed by atoms with Gasteiger partial charge in [0, 0.05) is 18.1 Å². The van der Waals surface area contributed by atoms with E-state index in [-0.39, 0.29) is 10.9 Å². The number of para-hydroxylation sites is 1. The van der Waals surface area contributed by atoms with Crippen molar-refractivity contribution in [2.24, 2.45) is 0 Å². The molecule has 0 saturated carbocycles. The summed E-state index contributed by atoms with van der Waals surface area (Å²) in [4.78, 5) is 11.6. The zero-order chi connectivity index (χ0) is 21.6. The van der Waals surface area contributed by atoms with Crippen LogP contribution in [0, 0.1) is 0 Å². The van der Waals surface area contributed by atoms with E-state index < -0.39 is 10.0 Å². The number of carbonyl (C=O) groups excluding carboxylic acids is 1. The number of ether oxygens (including phenoxy) is 1. The number of sulfonamides is 1. The van der Waals surface area contributed by atoms with Gasteiger partial charge >= 0.3 is 5.97 Å². The van der Waals surface area contributed by atoms with Crippen LogP contribution in [0.15, 0.2) is 77.7 Å². The predicted octanol–water partition coefficient (Wildman–Crippen LogP) is 4.22.